The van der Waals surface area contributed by atoms with Crippen LogP contribution in [0.2, 0.25) is 0 Å². The summed E-state index contributed by atoms with van der Waals surface area (Å²) in [7, 11) is 0. The summed E-state index contributed by atoms with van der Waals surface area (Å²) in [4.78, 5) is 9.53. The molecule has 0 spiro atoms. The average Bonchev–Trinajstić information content (AvgIpc) is 1.62. The van der Waals surface area contributed by atoms with Gasteiger partial charge < -0.3 is 5.11 Å². The minimum atomic E-state index is -4.81. The fraction of sp³-hybridized carbons (Fsp3) is 0.250. The molecule has 10 heavy (non-hydrogen) atoms. The number of hydrogen-bond donors (Lipinski definition) is 1. The average molecular weight is 148 g/mol. The van der Waals surface area contributed by atoms with E-state index in [1.807, 2.05) is 0 Å². The molecule has 1 N–H and O–H groups in total. The van der Waals surface area contributed by atoms with Gasteiger partial charge in [-0.05, 0) is 0 Å². The fourth-order valence-electron chi connectivity index (χ4n) is 0.121. The van der Waals surface area contributed by atoms with Crippen LogP contribution in [0.25, 0.3) is 0 Å². The Bertz CT molecular complexity index is 151. The van der Waals surface area contributed by atoms with Crippen LogP contribution in [0.5, 0.6) is 0 Å². The maximum absolute atomic E-state index is 11.2. The topological polar surface area (TPSA) is 37.3 Å². The van der Waals surface area contributed by atoms with E-state index in [0.29, 0.717) is 0 Å². The van der Waals surface area contributed by atoms with Crippen molar-refractivity contribution in [3.05, 3.63) is 12.2 Å². The number of carbonyl (C=O) groups is 1. The predicted octanol–water partition coefficient (Wildman–Crippen LogP) is 0.541. The fourth-order valence-corrected chi connectivity index (χ4v) is 0.121. The second-order valence-corrected chi connectivity index (χ2v) is 1.28. The molecule has 2 nitrogen and oxygen atoms in total. The quantitative estimate of drug-likeness (QED) is 0.435. The van der Waals surface area contributed by atoms with Gasteiger partial charge in [-0.25, -0.2) is 4.79 Å². The number of hydrogen-bond acceptors (Lipinski definition) is 1. The third kappa shape index (κ3) is 3.59. The molecule has 0 unspecified atom stereocenters. The summed E-state index contributed by atoms with van der Waals surface area (Å²) >= 11 is 0. The summed E-state index contributed by atoms with van der Waals surface area (Å²) < 4.78 is 33.7. The molecule has 0 aromatic carbocycles. The van der Waals surface area contributed by atoms with Crippen LogP contribution < -0.4 is 0 Å². The molecule has 0 saturated carbocycles. The first-order valence-corrected chi connectivity index (χ1v) is 1.85. The van der Waals surface area contributed by atoms with Crippen molar-refractivity contribution in [3.8, 4) is 0 Å². The van der Waals surface area contributed by atoms with Crippen LogP contribution in [0.4, 0.5) is 13.2 Å². The van der Waals surface area contributed by atoms with Gasteiger partial charge in [0.15, 0.2) is 0 Å². The SMILES string of the molecule is C=C(C(=O)O)C(F)(F)F.[LiH]. The van der Waals surface area contributed by atoms with Gasteiger partial charge in [-0.1, -0.05) is 6.58 Å². The van der Waals surface area contributed by atoms with E-state index >= 15 is 0 Å². The van der Waals surface area contributed by atoms with Gasteiger partial charge >= 0.3 is 31.0 Å². The summed E-state index contributed by atoms with van der Waals surface area (Å²) in [5.74, 6) is -2.04. The molecule has 0 aliphatic heterocycles. The zero-order chi connectivity index (χ0) is 7.65. The number of carboxylic acid groups (broad SMARTS) is 1. The van der Waals surface area contributed by atoms with Crippen molar-refractivity contribution in [1.29, 1.82) is 0 Å². The van der Waals surface area contributed by atoms with E-state index in [2.05, 4.69) is 6.58 Å². The van der Waals surface area contributed by atoms with Crippen molar-refractivity contribution >= 4 is 24.8 Å². The molecule has 6 heteroatoms. The van der Waals surface area contributed by atoms with Gasteiger partial charge in [0.1, 0.15) is 5.57 Å². The summed E-state index contributed by atoms with van der Waals surface area (Å²) in [6.07, 6.45) is -4.81. The van der Waals surface area contributed by atoms with Gasteiger partial charge in [-0.2, -0.15) is 13.2 Å². The minimum absolute atomic E-state index is 0. The van der Waals surface area contributed by atoms with Crippen molar-refractivity contribution in [2.24, 2.45) is 0 Å². The van der Waals surface area contributed by atoms with Gasteiger partial charge in [0, 0.05) is 0 Å². The van der Waals surface area contributed by atoms with Gasteiger partial charge in [0.2, 0.25) is 0 Å². The second-order valence-electron chi connectivity index (χ2n) is 1.28. The molecule has 0 aromatic rings. The molecule has 0 saturated heterocycles. The predicted molar refractivity (Wildman–Crippen MR) is 30.0 cm³/mol. The van der Waals surface area contributed by atoms with Crippen molar-refractivity contribution < 1.29 is 23.1 Å². The first kappa shape index (κ1) is 12.3. The number of alkyl halides is 3. The summed E-state index contributed by atoms with van der Waals surface area (Å²) in [5, 5.41) is 7.70. The Balaban J connectivity index is 0. The zero-order valence-corrected chi connectivity index (χ0v) is 4.20. The standard InChI is InChI=1S/C4H3F3O2.Li.H/c1-2(3(8)9)4(5,6)7;;/h1H2,(H,8,9);;. The summed E-state index contributed by atoms with van der Waals surface area (Å²) in [6, 6.07) is 0. The van der Waals surface area contributed by atoms with Crippen LogP contribution in [-0.2, 0) is 4.79 Å². The molecular weight excluding hydrogens is 144 g/mol. The van der Waals surface area contributed by atoms with E-state index in [1.165, 1.54) is 0 Å². The van der Waals surface area contributed by atoms with Crippen LogP contribution in [0.1, 0.15) is 0 Å². The monoisotopic (exact) mass is 148 g/mol. The molecule has 54 valence electrons. The van der Waals surface area contributed by atoms with Crippen LogP contribution in [0, 0.1) is 0 Å². The van der Waals surface area contributed by atoms with Gasteiger partial charge in [-0.15, -0.1) is 0 Å². The van der Waals surface area contributed by atoms with Gasteiger partial charge in [0.25, 0.3) is 0 Å². The zero-order valence-electron chi connectivity index (χ0n) is 4.20. The summed E-state index contributed by atoms with van der Waals surface area (Å²) in [6.45, 7) is 2.30. The molecule has 0 fully saturated rings. The Labute approximate surface area is 66.9 Å². The van der Waals surface area contributed by atoms with Crippen molar-refractivity contribution in [3.63, 3.8) is 0 Å². The van der Waals surface area contributed by atoms with Gasteiger partial charge in [0.05, 0.1) is 0 Å². The molecule has 0 amide bonds. The summed E-state index contributed by atoms with van der Waals surface area (Å²) in [5.41, 5.74) is -1.75. The Hall–Kier alpha value is -0.403. The molecule has 0 radical (unpaired) electrons. The Morgan fingerprint density at radius 3 is 1.70 bits per heavy atom. The normalized spacial score (nSPS) is 9.90. The number of aliphatic carboxylic acids is 1. The molecule has 0 heterocycles. The number of carboxylic acids is 1. The molecule has 0 aliphatic carbocycles. The van der Waals surface area contributed by atoms with Crippen molar-refractivity contribution in [2.75, 3.05) is 0 Å². The van der Waals surface area contributed by atoms with E-state index in [0.717, 1.165) is 0 Å². The molecular formula is C4H4F3LiO2. The molecule has 0 rings (SSSR count). The first-order valence-electron chi connectivity index (χ1n) is 1.85. The third-order valence-corrected chi connectivity index (χ3v) is 0.600. The van der Waals surface area contributed by atoms with E-state index in [1.54, 1.807) is 0 Å². The van der Waals surface area contributed by atoms with Gasteiger partial charge in [-0.3, -0.25) is 0 Å². The third-order valence-electron chi connectivity index (χ3n) is 0.600. The first-order chi connectivity index (χ1) is 3.85. The van der Waals surface area contributed by atoms with Crippen molar-refractivity contribution in [2.45, 2.75) is 6.18 Å². The molecule has 0 bridgehead atoms. The van der Waals surface area contributed by atoms with Crippen LogP contribution >= 0.6 is 0 Å². The van der Waals surface area contributed by atoms with E-state index < -0.39 is 17.7 Å². The van der Waals surface area contributed by atoms with E-state index in [9.17, 15) is 18.0 Å². The molecule has 0 aliphatic rings. The number of rotatable bonds is 1. The van der Waals surface area contributed by atoms with Crippen LogP contribution in [0.3, 0.4) is 0 Å². The Morgan fingerprint density at radius 1 is 1.40 bits per heavy atom. The Kier molecular flexibility index (Phi) is 4.53. The van der Waals surface area contributed by atoms with E-state index in [4.69, 9.17) is 5.11 Å². The molecule has 0 atom stereocenters. The van der Waals surface area contributed by atoms with Crippen LogP contribution in [0.15, 0.2) is 12.2 Å². The van der Waals surface area contributed by atoms with Crippen molar-refractivity contribution in [1.82, 2.24) is 0 Å². The molecule has 0 aromatic heterocycles. The maximum atomic E-state index is 11.2. The van der Waals surface area contributed by atoms with Crippen LogP contribution in [-0.4, -0.2) is 36.1 Å². The Morgan fingerprint density at radius 2 is 1.70 bits per heavy atom. The van der Waals surface area contributed by atoms with E-state index in [-0.39, 0.29) is 18.9 Å². The number of halogens is 3. The second kappa shape index (κ2) is 3.69.